The Balaban J connectivity index is 1.69. The van der Waals surface area contributed by atoms with Crippen molar-refractivity contribution in [3.63, 3.8) is 0 Å². The molecule has 2 aromatic rings. The summed E-state index contributed by atoms with van der Waals surface area (Å²) in [6.07, 6.45) is 0. The number of hydrogen-bond donors (Lipinski definition) is 0. The molecule has 0 aliphatic carbocycles. The van der Waals surface area contributed by atoms with Crippen LogP contribution in [0.2, 0.25) is 0 Å². The Hall–Kier alpha value is -2.20. The number of halogens is 1. The van der Waals surface area contributed by atoms with Gasteiger partial charge in [0, 0.05) is 25.3 Å². The summed E-state index contributed by atoms with van der Waals surface area (Å²) in [6, 6.07) is 14.6. The van der Waals surface area contributed by atoms with Crippen molar-refractivity contribution in [1.29, 1.82) is 0 Å². The largest absolute Gasteiger partial charge is 0.310 e. The van der Waals surface area contributed by atoms with Gasteiger partial charge in [-0.25, -0.2) is 4.39 Å². The number of amides is 1. The molecule has 0 spiro atoms. The second-order valence-electron chi connectivity index (χ2n) is 7.01. The summed E-state index contributed by atoms with van der Waals surface area (Å²) in [5.74, 6) is 0.365. The molecule has 0 aromatic heterocycles. The first kappa shape index (κ1) is 17.6. The van der Waals surface area contributed by atoms with Crippen LogP contribution < -0.4 is 4.90 Å². The molecule has 1 aliphatic rings. The normalized spacial score (nSPS) is 18.8. The average Bonchev–Trinajstić information content (AvgIpc) is 2.61. The molecule has 4 heteroatoms. The molecule has 1 aliphatic heterocycles. The molecular formula is C21H25FN2O. The van der Waals surface area contributed by atoms with Gasteiger partial charge in [0.1, 0.15) is 5.82 Å². The molecule has 1 atom stereocenters. The van der Waals surface area contributed by atoms with Crippen LogP contribution in [0.1, 0.15) is 37.8 Å². The smallest absolute Gasteiger partial charge is 0.244 e. The van der Waals surface area contributed by atoms with Crippen LogP contribution in [-0.4, -0.2) is 29.9 Å². The molecule has 0 N–H and O–H groups in total. The van der Waals surface area contributed by atoms with Crippen LogP contribution in [0, 0.1) is 5.82 Å². The SMILES string of the molecule is CC(C)c1ccc(N2CCN(Cc3ccc(F)cc3)C(C)C2=O)cc1. The van der Waals surface area contributed by atoms with Gasteiger partial charge in [-0.05, 0) is 48.2 Å². The Kier molecular flexibility index (Phi) is 5.19. The van der Waals surface area contributed by atoms with Crippen LogP contribution in [-0.2, 0) is 11.3 Å². The van der Waals surface area contributed by atoms with Gasteiger partial charge in [0.2, 0.25) is 5.91 Å². The fourth-order valence-electron chi connectivity index (χ4n) is 3.25. The lowest BCUT2D eigenvalue weighted by atomic mass is 10.0. The van der Waals surface area contributed by atoms with Gasteiger partial charge in [0.25, 0.3) is 0 Å². The maximum Gasteiger partial charge on any atom is 0.244 e. The van der Waals surface area contributed by atoms with Gasteiger partial charge in [-0.3, -0.25) is 9.69 Å². The first-order valence-electron chi connectivity index (χ1n) is 8.85. The number of rotatable bonds is 4. The Bertz CT molecular complexity index is 725. The Morgan fingerprint density at radius 1 is 1.04 bits per heavy atom. The van der Waals surface area contributed by atoms with E-state index in [1.54, 1.807) is 12.1 Å². The van der Waals surface area contributed by atoms with Crippen molar-refractivity contribution in [1.82, 2.24) is 4.90 Å². The Morgan fingerprint density at radius 2 is 1.68 bits per heavy atom. The monoisotopic (exact) mass is 340 g/mol. The van der Waals surface area contributed by atoms with Crippen molar-refractivity contribution in [3.8, 4) is 0 Å². The molecule has 132 valence electrons. The number of anilines is 1. The minimum atomic E-state index is -0.234. The molecule has 1 unspecified atom stereocenters. The quantitative estimate of drug-likeness (QED) is 0.833. The molecule has 0 saturated carbocycles. The van der Waals surface area contributed by atoms with Crippen molar-refractivity contribution in [2.75, 3.05) is 18.0 Å². The molecule has 25 heavy (non-hydrogen) atoms. The Labute approximate surface area is 149 Å². The summed E-state index contributed by atoms with van der Waals surface area (Å²) in [6.45, 7) is 8.41. The van der Waals surface area contributed by atoms with Gasteiger partial charge in [0.05, 0.1) is 6.04 Å². The third-order valence-electron chi connectivity index (χ3n) is 4.95. The predicted octanol–water partition coefficient (Wildman–Crippen LogP) is 4.19. The van der Waals surface area contributed by atoms with Gasteiger partial charge in [0.15, 0.2) is 0 Å². The summed E-state index contributed by atoms with van der Waals surface area (Å²) in [5.41, 5.74) is 3.26. The fraction of sp³-hybridized carbons (Fsp3) is 0.381. The van der Waals surface area contributed by atoms with Gasteiger partial charge in [-0.2, -0.15) is 0 Å². The van der Waals surface area contributed by atoms with Gasteiger partial charge >= 0.3 is 0 Å². The lowest BCUT2D eigenvalue weighted by Crippen LogP contribution is -2.55. The molecule has 3 nitrogen and oxygen atoms in total. The van der Waals surface area contributed by atoms with E-state index in [1.165, 1.54) is 17.7 Å². The number of carbonyl (C=O) groups is 1. The predicted molar refractivity (Wildman–Crippen MR) is 99.2 cm³/mol. The first-order valence-corrected chi connectivity index (χ1v) is 8.85. The van der Waals surface area contributed by atoms with E-state index in [-0.39, 0.29) is 17.8 Å². The van der Waals surface area contributed by atoms with E-state index in [4.69, 9.17) is 0 Å². The highest BCUT2D eigenvalue weighted by Crippen LogP contribution is 2.24. The maximum atomic E-state index is 13.0. The van der Waals surface area contributed by atoms with E-state index >= 15 is 0 Å². The number of piperazine rings is 1. The van der Waals surface area contributed by atoms with Gasteiger partial charge in [-0.1, -0.05) is 38.1 Å². The summed E-state index contributed by atoms with van der Waals surface area (Å²) in [5, 5.41) is 0. The topological polar surface area (TPSA) is 23.6 Å². The highest BCUT2D eigenvalue weighted by atomic mass is 19.1. The van der Waals surface area contributed by atoms with Crippen molar-refractivity contribution in [2.45, 2.75) is 39.3 Å². The third-order valence-corrected chi connectivity index (χ3v) is 4.95. The van der Waals surface area contributed by atoms with Crippen LogP contribution >= 0.6 is 0 Å². The van der Waals surface area contributed by atoms with Crippen LogP contribution in [0.25, 0.3) is 0 Å². The van der Waals surface area contributed by atoms with Gasteiger partial charge < -0.3 is 4.90 Å². The van der Waals surface area contributed by atoms with Crippen molar-refractivity contribution in [2.24, 2.45) is 0 Å². The zero-order valence-corrected chi connectivity index (χ0v) is 15.1. The van der Waals surface area contributed by atoms with Crippen molar-refractivity contribution < 1.29 is 9.18 Å². The molecule has 1 amide bonds. The summed E-state index contributed by atoms with van der Waals surface area (Å²) in [7, 11) is 0. The second kappa shape index (κ2) is 7.36. The third kappa shape index (κ3) is 3.90. The number of benzene rings is 2. The van der Waals surface area contributed by atoms with E-state index in [0.717, 1.165) is 17.8 Å². The van der Waals surface area contributed by atoms with Crippen LogP contribution in [0.5, 0.6) is 0 Å². The lowest BCUT2D eigenvalue weighted by Gasteiger charge is -2.39. The zero-order chi connectivity index (χ0) is 18.0. The summed E-state index contributed by atoms with van der Waals surface area (Å²) >= 11 is 0. The minimum absolute atomic E-state index is 0.116. The number of hydrogen-bond acceptors (Lipinski definition) is 2. The molecule has 1 saturated heterocycles. The van der Waals surface area contributed by atoms with Crippen molar-refractivity contribution >= 4 is 11.6 Å². The summed E-state index contributed by atoms with van der Waals surface area (Å²) < 4.78 is 13.0. The first-order chi connectivity index (χ1) is 12.0. The van der Waals surface area contributed by atoms with Crippen LogP contribution in [0.4, 0.5) is 10.1 Å². The Morgan fingerprint density at radius 3 is 2.28 bits per heavy atom. The van der Waals surface area contributed by atoms with Gasteiger partial charge in [-0.15, -0.1) is 0 Å². The second-order valence-corrected chi connectivity index (χ2v) is 7.01. The van der Waals surface area contributed by atoms with E-state index in [0.29, 0.717) is 19.0 Å². The average molecular weight is 340 g/mol. The summed E-state index contributed by atoms with van der Waals surface area (Å²) in [4.78, 5) is 16.8. The van der Waals surface area contributed by atoms with Crippen LogP contribution in [0.3, 0.4) is 0 Å². The standard InChI is InChI=1S/C21H25FN2O/c1-15(2)18-6-10-20(11-7-18)24-13-12-23(16(3)21(24)25)14-17-4-8-19(22)9-5-17/h4-11,15-16H,12-14H2,1-3H3. The number of carbonyl (C=O) groups excluding carboxylic acids is 1. The molecule has 1 fully saturated rings. The van der Waals surface area contributed by atoms with Crippen molar-refractivity contribution in [3.05, 3.63) is 65.5 Å². The fourth-order valence-corrected chi connectivity index (χ4v) is 3.25. The molecule has 0 radical (unpaired) electrons. The van der Waals surface area contributed by atoms with E-state index < -0.39 is 0 Å². The van der Waals surface area contributed by atoms with E-state index in [1.807, 2.05) is 24.0 Å². The minimum Gasteiger partial charge on any atom is -0.310 e. The number of nitrogens with zero attached hydrogens (tertiary/aromatic N) is 2. The highest BCUT2D eigenvalue weighted by Gasteiger charge is 2.32. The maximum absolute atomic E-state index is 13.0. The highest BCUT2D eigenvalue weighted by molar-refractivity contribution is 5.97. The molecule has 0 bridgehead atoms. The van der Waals surface area contributed by atoms with E-state index in [9.17, 15) is 9.18 Å². The molecule has 2 aromatic carbocycles. The molecule has 3 rings (SSSR count). The van der Waals surface area contributed by atoms with Crippen LogP contribution in [0.15, 0.2) is 48.5 Å². The molecule has 1 heterocycles. The lowest BCUT2D eigenvalue weighted by molar-refractivity contribution is -0.125. The zero-order valence-electron chi connectivity index (χ0n) is 15.1. The molecular weight excluding hydrogens is 315 g/mol. The van der Waals surface area contributed by atoms with E-state index in [2.05, 4.69) is 30.9 Å².